The number of benzene rings is 2. The fourth-order valence-corrected chi connectivity index (χ4v) is 4.90. The Morgan fingerprint density at radius 1 is 0.704 bits per heavy atom. The van der Waals surface area contributed by atoms with E-state index in [0.29, 0.717) is 0 Å². The maximum atomic E-state index is 6.92. The van der Waals surface area contributed by atoms with Crippen LogP contribution in [0.25, 0.3) is 0 Å². The summed E-state index contributed by atoms with van der Waals surface area (Å²) >= 11 is 0. The van der Waals surface area contributed by atoms with Crippen LogP contribution >= 0.6 is 0 Å². The summed E-state index contributed by atoms with van der Waals surface area (Å²) < 4.78 is 17.8. The normalized spacial score (nSPS) is 24.4. The van der Waals surface area contributed by atoms with Crippen molar-refractivity contribution >= 4 is 0 Å². The lowest BCUT2D eigenvalue weighted by atomic mass is 9.84. The number of methoxy groups -OCH3 is 2. The van der Waals surface area contributed by atoms with Crippen molar-refractivity contribution in [2.24, 2.45) is 10.8 Å². The van der Waals surface area contributed by atoms with E-state index < -0.39 is 0 Å². The number of hydrogen-bond donors (Lipinski definition) is 0. The van der Waals surface area contributed by atoms with Gasteiger partial charge in [0.05, 0.1) is 26.4 Å². The maximum Gasteiger partial charge on any atom is 0.119 e. The SMILES string of the molecule is COc1ccc2c(c1)CC(C)(C)C2OC1c2ccc(OC)cc2CC1(C)C. The maximum absolute atomic E-state index is 6.92. The van der Waals surface area contributed by atoms with E-state index in [2.05, 4.69) is 64.1 Å². The van der Waals surface area contributed by atoms with Gasteiger partial charge in [-0.15, -0.1) is 0 Å². The van der Waals surface area contributed by atoms with Crippen LogP contribution in [-0.4, -0.2) is 14.2 Å². The van der Waals surface area contributed by atoms with Gasteiger partial charge in [-0.05, 0) is 70.2 Å². The molecule has 0 N–H and O–H groups in total. The Morgan fingerprint density at radius 3 is 1.48 bits per heavy atom. The third-order valence-corrected chi connectivity index (χ3v) is 6.25. The van der Waals surface area contributed by atoms with E-state index >= 15 is 0 Å². The van der Waals surface area contributed by atoms with Gasteiger partial charge in [-0.2, -0.15) is 0 Å². The summed E-state index contributed by atoms with van der Waals surface area (Å²) in [6.45, 7) is 9.23. The first kappa shape index (κ1) is 18.4. The second-order valence-electron chi connectivity index (χ2n) is 9.36. The van der Waals surface area contributed by atoms with Crippen molar-refractivity contribution in [1.82, 2.24) is 0 Å². The van der Waals surface area contributed by atoms with Crippen LogP contribution in [0.1, 0.15) is 62.2 Å². The Labute approximate surface area is 162 Å². The van der Waals surface area contributed by atoms with Gasteiger partial charge >= 0.3 is 0 Å². The molecule has 0 heterocycles. The highest BCUT2D eigenvalue weighted by Crippen LogP contribution is 2.55. The Morgan fingerprint density at radius 2 is 1.11 bits per heavy atom. The smallest absolute Gasteiger partial charge is 0.119 e. The van der Waals surface area contributed by atoms with Crippen LogP contribution in [0.15, 0.2) is 36.4 Å². The molecule has 0 bridgehead atoms. The number of rotatable bonds is 4. The molecule has 0 fully saturated rings. The zero-order valence-corrected chi connectivity index (χ0v) is 17.3. The van der Waals surface area contributed by atoms with Gasteiger partial charge < -0.3 is 14.2 Å². The highest BCUT2D eigenvalue weighted by Gasteiger charge is 2.47. The number of ether oxygens (including phenoxy) is 3. The van der Waals surface area contributed by atoms with Crippen LogP contribution in [0.3, 0.4) is 0 Å². The van der Waals surface area contributed by atoms with E-state index in [9.17, 15) is 0 Å². The van der Waals surface area contributed by atoms with Gasteiger partial charge in [0.2, 0.25) is 0 Å². The van der Waals surface area contributed by atoms with Crippen LogP contribution in [0, 0.1) is 10.8 Å². The quantitative estimate of drug-likeness (QED) is 0.698. The standard InChI is InChI=1S/C24H30O3/c1-23(2)13-15-11-17(25-5)7-9-19(15)21(23)27-22-20-10-8-18(26-6)12-16(20)14-24(22,3)4/h7-12,21-22H,13-14H2,1-6H3. The van der Waals surface area contributed by atoms with Crippen LogP contribution in [0.4, 0.5) is 0 Å². The van der Waals surface area contributed by atoms with Gasteiger partial charge in [0.1, 0.15) is 11.5 Å². The highest BCUT2D eigenvalue weighted by molar-refractivity contribution is 5.44. The van der Waals surface area contributed by atoms with Crippen LogP contribution in [0.2, 0.25) is 0 Å². The lowest BCUT2D eigenvalue weighted by Gasteiger charge is -2.36. The Bertz CT molecular complexity index is 794. The van der Waals surface area contributed by atoms with Crippen molar-refractivity contribution < 1.29 is 14.2 Å². The first-order valence-electron chi connectivity index (χ1n) is 9.74. The topological polar surface area (TPSA) is 27.7 Å². The average molecular weight is 367 g/mol. The van der Waals surface area contributed by atoms with E-state index in [-0.39, 0.29) is 23.0 Å². The second-order valence-corrected chi connectivity index (χ2v) is 9.36. The van der Waals surface area contributed by atoms with Gasteiger partial charge in [-0.3, -0.25) is 0 Å². The predicted octanol–water partition coefficient (Wildman–Crippen LogP) is 5.67. The summed E-state index contributed by atoms with van der Waals surface area (Å²) in [5.74, 6) is 1.84. The third kappa shape index (κ3) is 3.02. The Balaban J connectivity index is 1.70. The van der Waals surface area contributed by atoms with Gasteiger partial charge in [-0.1, -0.05) is 39.8 Å². The molecule has 0 spiro atoms. The van der Waals surface area contributed by atoms with Crippen molar-refractivity contribution in [1.29, 1.82) is 0 Å². The molecule has 2 unspecified atom stereocenters. The van der Waals surface area contributed by atoms with Crippen LogP contribution in [-0.2, 0) is 17.6 Å². The monoisotopic (exact) mass is 366 g/mol. The molecule has 144 valence electrons. The minimum atomic E-state index is 0.0556. The molecule has 2 atom stereocenters. The first-order chi connectivity index (χ1) is 12.7. The summed E-state index contributed by atoms with van der Waals surface area (Å²) in [5.41, 5.74) is 5.40. The summed E-state index contributed by atoms with van der Waals surface area (Å²) in [5, 5.41) is 0. The Hall–Kier alpha value is -2.00. The molecule has 2 aromatic carbocycles. The molecule has 2 aliphatic rings. The van der Waals surface area contributed by atoms with Crippen molar-refractivity contribution in [3.05, 3.63) is 58.7 Å². The van der Waals surface area contributed by atoms with E-state index in [1.54, 1.807) is 14.2 Å². The molecule has 0 aromatic heterocycles. The van der Waals surface area contributed by atoms with Crippen molar-refractivity contribution in [3.63, 3.8) is 0 Å². The first-order valence-corrected chi connectivity index (χ1v) is 9.74. The lowest BCUT2D eigenvalue weighted by molar-refractivity contribution is -0.107. The van der Waals surface area contributed by atoms with E-state index in [1.165, 1.54) is 22.3 Å². The van der Waals surface area contributed by atoms with Crippen molar-refractivity contribution in [3.8, 4) is 11.5 Å². The summed E-state index contributed by atoms with van der Waals surface area (Å²) in [6, 6.07) is 12.8. The van der Waals surface area contributed by atoms with Crippen LogP contribution < -0.4 is 9.47 Å². The van der Waals surface area contributed by atoms with Gasteiger partial charge in [-0.25, -0.2) is 0 Å². The van der Waals surface area contributed by atoms with E-state index in [1.807, 2.05) is 0 Å². The molecular weight excluding hydrogens is 336 g/mol. The molecule has 3 heteroatoms. The van der Waals surface area contributed by atoms with Gasteiger partial charge in [0.25, 0.3) is 0 Å². The molecule has 0 amide bonds. The predicted molar refractivity (Wildman–Crippen MR) is 108 cm³/mol. The zero-order chi connectivity index (χ0) is 19.4. The van der Waals surface area contributed by atoms with Crippen molar-refractivity contribution in [2.75, 3.05) is 14.2 Å². The molecule has 0 saturated carbocycles. The number of hydrogen-bond acceptors (Lipinski definition) is 3. The minimum Gasteiger partial charge on any atom is -0.497 e. The summed E-state index contributed by atoms with van der Waals surface area (Å²) in [4.78, 5) is 0. The van der Waals surface area contributed by atoms with E-state index in [0.717, 1.165) is 24.3 Å². The number of fused-ring (bicyclic) bond motifs is 2. The fraction of sp³-hybridized carbons (Fsp3) is 0.500. The molecule has 2 aliphatic carbocycles. The van der Waals surface area contributed by atoms with Gasteiger partial charge in [0, 0.05) is 0 Å². The summed E-state index contributed by atoms with van der Waals surface area (Å²) in [6.07, 6.45) is 2.17. The molecule has 0 aliphatic heterocycles. The summed E-state index contributed by atoms with van der Waals surface area (Å²) in [7, 11) is 3.45. The lowest BCUT2D eigenvalue weighted by Crippen LogP contribution is -2.27. The van der Waals surface area contributed by atoms with Crippen LogP contribution in [0.5, 0.6) is 11.5 Å². The minimum absolute atomic E-state index is 0.0556. The van der Waals surface area contributed by atoms with E-state index in [4.69, 9.17) is 14.2 Å². The second kappa shape index (κ2) is 6.27. The zero-order valence-electron chi connectivity index (χ0n) is 17.3. The molecule has 0 saturated heterocycles. The fourth-order valence-electron chi connectivity index (χ4n) is 4.90. The largest absolute Gasteiger partial charge is 0.497 e. The van der Waals surface area contributed by atoms with Crippen molar-refractivity contribution in [2.45, 2.75) is 52.7 Å². The average Bonchev–Trinajstić information content (AvgIpc) is 3.02. The molecule has 4 rings (SSSR count). The highest BCUT2D eigenvalue weighted by atomic mass is 16.5. The molecule has 27 heavy (non-hydrogen) atoms. The third-order valence-electron chi connectivity index (χ3n) is 6.25. The molecule has 3 nitrogen and oxygen atoms in total. The van der Waals surface area contributed by atoms with Gasteiger partial charge in [0.15, 0.2) is 0 Å². The molecule has 0 radical (unpaired) electrons. The molecular formula is C24H30O3. The Kier molecular flexibility index (Phi) is 4.27. The molecule has 2 aromatic rings.